The Morgan fingerprint density at radius 1 is 1.35 bits per heavy atom. The lowest BCUT2D eigenvalue weighted by atomic mass is 9.85. The molecule has 0 saturated heterocycles. The lowest BCUT2D eigenvalue weighted by Crippen LogP contribution is -2.37. The quantitative estimate of drug-likeness (QED) is 0.739. The third kappa shape index (κ3) is 3.30. The van der Waals surface area contributed by atoms with Crippen LogP contribution in [-0.4, -0.2) is 25.8 Å². The topological polar surface area (TPSA) is 37.4 Å². The molecule has 0 radical (unpaired) electrons. The van der Waals surface area contributed by atoms with Crippen molar-refractivity contribution in [1.29, 1.82) is 0 Å². The Bertz CT molecular complexity index is 571. The van der Waals surface area contributed by atoms with E-state index in [1.54, 1.807) is 22.5 Å². The van der Waals surface area contributed by atoms with Crippen LogP contribution in [0.3, 0.4) is 0 Å². The maximum absolute atomic E-state index is 12.7. The molecule has 1 fully saturated rings. The van der Waals surface area contributed by atoms with Crippen LogP contribution in [0.2, 0.25) is 5.02 Å². The van der Waals surface area contributed by atoms with Crippen molar-refractivity contribution in [3.63, 3.8) is 0 Å². The van der Waals surface area contributed by atoms with Gasteiger partial charge in [-0.15, -0.1) is 11.6 Å². The molecule has 1 aromatic carbocycles. The minimum atomic E-state index is -3.46. The van der Waals surface area contributed by atoms with Crippen LogP contribution in [0.5, 0.6) is 0 Å². The first-order valence-electron chi connectivity index (χ1n) is 6.83. The average molecular weight is 336 g/mol. The molecule has 6 heteroatoms. The van der Waals surface area contributed by atoms with E-state index in [0.29, 0.717) is 29.6 Å². The molecule has 0 spiro atoms. The maximum Gasteiger partial charge on any atom is 0.243 e. The van der Waals surface area contributed by atoms with E-state index in [-0.39, 0.29) is 10.8 Å². The maximum atomic E-state index is 12.7. The van der Waals surface area contributed by atoms with Gasteiger partial charge in [0.2, 0.25) is 10.0 Å². The summed E-state index contributed by atoms with van der Waals surface area (Å²) in [5.74, 6) is 0.709. The highest BCUT2D eigenvalue weighted by Crippen LogP contribution is 2.30. The monoisotopic (exact) mass is 335 g/mol. The van der Waals surface area contributed by atoms with Gasteiger partial charge in [-0.2, -0.15) is 4.31 Å². The van der Waals surface area contributed by atoms with E-state index in [2.05, 4.69) is 0 Å². The van der Waals surface area contributed by atoms with E-state index in [1.807, 2.05) is 6.92 Å². The first-order valence-corrected chi connectivity index (χ1v) is 9.18. The summed E-state index contributed by atoms with van der Waals surface area (Å²) in [5, 5.41) is 0.501. The average Bonchev–Trinajstić information content (AvgIpc) is 2.37. The number of rotatable bonds is 6. The zero-order chi connectivity index (χ0) is 14.8. The van der Waals surface area contributed by atoms with Gasteiger partial charge in [0.1, 0.15) is 0 Å². The highest BCUT2D eigenvalue weighted by atomic mass is 35.5. The number of sulfonamides is 1. The van der Waals surface area contributed by atoms with Crippen molar-refractivity contribution in [3.8, 4) is 0 Å². The summed E-state index contributed by atoms with van der Waals surface area (Å²) in [6, 6.07) is 4.73. The summed E-state index contributed by atoms with van der Waals surface area (Å²) in [6.45, 7) is 2.96. The van der Waals surface area contributed by atoms with Crippen LogP contribution >= 0.6 is 23.2 Å². The molecule has 0 N–H and O–H groups in total. The fourth-order valence-corrected chi connectivity index (χ4v) is 4.37. The molecule has 0 aromatic heterocycles. The second-order valence-electron chi connectivity index (χ2n) is 5.14. The molecule has 0 aliphatic heterocycles. The summed E-state index contributed by atoms with van der Waals surface area (Å²) in [7, 11) is -3.46. The molecule has 0 atom stereocenters. The van der Waals surface area contributed by atoms with Gasteiger partial charge in [0, 0.05) is 24.0 Å². The lowest BCUT2D eigenvalue weighted by Gasteiger charge is -2.31. The van der Waals surface area contributed by atoms with Gasteiger partial charge in [-0.25, -0.2) is 8.42 Å². The summed E-state index contributed by atoms with van der Waals surface area (Å²) in [6.07, 6.45) is 3.46. The Morgan fingerprint density at radius 2 is 2.05 bits per heavy atom. The van der Waals surface area contributed by atoms with Crippen LogP contribution < -0.4 is 0 Å². The van der Waals surface area contributed by atoms with Crippen LogP contribution in [0.15, 0.2) is 23.1 Å². The normalized spacial score (nSPS) is 16.4. The SMILES string of the molecule is CCN(CC1CCC1)S(=O)(=O)c1ccc(Cl)c(CCl)c1. The predicted molar refractivity (Wildman–Crippen MR) is 82.8 cm³/mol. The summed E-state index contributed by atoms with van der Waals surface area (Å²) >= 11 is 11.8. The molecular weight excluding hydrogens is 317 g/mol. The van der Waals surface area contributed by atoms with Gasteiger partial charge in [-0.1, -0.05) is 24.9 Å². The largest absolute Gasteiger partial charge is 0.243 e. The van der Waals surface area contributed by atoms with Crippen LogP contribution in [0.1, 0.15) is 31.7 Å². The molecule has 20 heavy (non-hydrogen) atoms. The van der Waals surface area contributed by atoms with Gasteiger partial charge < -0.3 is 0 Å². The third-order valence-corrected chi connectivity index (χ3v) is 6.43. The minimum Gasteiger partial charge on any atom is -0.207 e. The molecule has 0 heterocycles. The minimum absolute atomic E-state index is 0.205. The van der Waals surface area contributed by atoms with Gasteiger partial charge in [0.15, 0.2) is 0 Å². The summed E-state index contributed by atoms with van der Waals surface area (Å²) in [5.41, 5.74) is 0.647. The molecule has 1 aliphatic rings. The molecular formula is C14H19Cl2NO2S. The third-order valence-electron chi connectivity index (χ3n) is 3.84. The van der Waals surface area contributed by atoms with E-state index in [9.17, 15) is 8.42 Å². The molecule has 112 valence electrons. The molecule has 2 rings (SSSR count). The lowest BCUT2D eigenvalue weighted by molar-refractivity contribution is 0.250. The van der Waals surface area contributed by atoms with E-state index in [4.69, 9.17) is 23.2 Å². The highest BCUT2D eigenvalue weighted by molar-refractivity contribution is 7.89. The second-order valence-corrected chi connectivity index (χ2v) is 7.75. The molecule has 1 aliphatic carbocycles. The Labute approximate surface area is 130 Å². The number of hydrogen-bond acceptors (Lipinski definition) is 2. The summed E-state index contributed by atoms with van der Waals surface area (Å²) < 4.78 is 26.9. The van der Waals surface area contributed by atoms with Gasteiger partial charge >= 0.3 is 0 Å². The van der Waals surface area contributed by atoms with Crippen molar-refractivity contribution in [2.75, 3.05) is 13.1 Å². The van der Waals surface area contributed by atoms with E-state index in [0.717, 1.165) is 12.8 Å². The molecule has 0 amide bonds. The van der Waals surface area contributed by atoms with Gasteiger partial charge in [0.05, 0.1) is 4.90 Å². The second kappa shape index (κ2) is 6.65. The van der Waals surface area contributed by atoms with Crippen molar-refractivity contribution in [3.05, 3.63) is 28.8 Å². The van der Waals surface area contributed by atoms with Crippen molar-refractivity contribution in [1.82, 2.24) is 4.31 Å². The Kier molecular flexibility index (Phi) is 5.35. The van der Waals surface area contributed by atoms with Crippen molar-refractivity contribution in [2.45, 2.75) is 37.0 Å². The molecule has 0 unspecified atom stereocenters. The van der Waals surface area contributed by atoms with Gasteiger partial charge in [0.25, 0.3) is 0 Å². The van der Waals surface area contributed by atoms with Crippen LogP contribution in [0.4, 0.5) is 0 Å². The van der Waals surface area contributed by atoms with Crippen molar-refractivity contribution >= 4 is 33.2 Å². The van der Waals surface area contributed by atoms with Crippen LogP contribution in [0, 0.1) is 5.92 Å². The fourth-order valence-electron chi connectivity index (χ4n) is 2.32. The van der Waals surface area contributed by atoms with Crippen LogP contribution in [0.25, 0.3) is 0 Å². The number of benzene rings is 1. The van der Waals surface area contributed by atoms with E-state index >= 15 is 0 Å². The Morgan fingerprint density at radius 3 is 2.55 bits per heavy atom. The van der Waals surface area contributed by atoms with Gasteiger partial charge in [-0.05, 0) is 42.5 Å². The highest BCUT2D eigenvalue weighted by Gasteiger charge is 2.28. The van der Waals surface area contributed by atoms with E-state index < -0.39 is 10.0 Å². The number of alkyl halides is 1. The van der Waals surface area contributed by atoms with E-state index in [1.165, 1.54) is 6.42 Å². The zero-order valence-corrected chi connectivity index (χ0v) is 13.8. The van der Waals surface area contributed by atoms with Crippen LogP contribution in [-0.2, 0) is 15.9 Å². The van der Waals surface area contributed by atoms with Crippen molar-refractivity contribution in [2.24, 2.45) is 5.92 Å². The number of nitrogens with zero attached hydrogens (tertiary/aromatic N) is 1. The number of hydrogen-bond donors (Lipinski definition) is 0. The zero-order valence-electron chi connectivity index (χ0n) is 11.5. The Hall–Kier alpha value is -0.290. The molecule has 1 aromatic rings. The standard InChI is InChI=1S/C14H19Cl2NO2S/c1-2-17(10-11-4-3-5-11)20(18,19)13-6-7-14(16)12(8-13)9-15/h6-8,11H,2-5,9-10H2,1H3. The van der Waals surface area contributed by atoms with Crippen molar-refractivity contribution < 1.29 is 8.42 Å². The molecule has 0 bridgehead atoms. The van der Waals surface area contributed by atoms with Gasteiger partial charge in [-0.3, -0.25) is 0 Å². The smallest absolute Gasteiger partial charge is 0.207 e. The fraction of sp³-hybridized carbons (Fsp3) is 0.571. The number of halogens is 2. The molecule has 1 saturated carbocycles. The first kappa shape index (κ1) is 16.1. The Balaban J connectivity index is 2.27. The molecule has 3 nitrogen and oxygen atoms in total. The predicted octanol–water partition coefficient (Wildman–Crippen LogP) is 3.89. The summed E-state index contributed by atoms with van der Waals surface area (Å²) in [4.78, 5) is 0.277. The first-order chi connectivity index (χ1) is 9.48.